The minimum absolute atomic E-state index is 0.0632. The molecule has 25 heavy (non-hydrogen) atoms. The van der Waals surface area contributed by atoms with Crippen LogP contribution in [0.5, 0.6) is 5.75 Å². The van der Waals surface area contributed by atoms with E-state index >= 15 is 0 Å². The Morgan fingerprint density at radius 3 is 2.36 bits per heavy atom. The molecule has 136 valence electrons. The molecule has 1 heterocycles. The van der Waals surface area contributed by atoms with Gasteiger partial charge in [0.25, 0.3) is 0 Å². The van der Waals surface area contributed by atoms with E-state index in [1.54, 1.807) is 13.8 Å². The van der Waals surface area contributed by atoms with Crippen LogP contribution in [0.4, 0.5) is 0 Å². The first-order chi connectivity index (χ1) is 11.5. The SMILES string of the molecule is Cc1nc(C(C)(C)NS(=O)(=O)c2ccc(OCC(=O)O)cc2)sc1C. The van der Waals surface area contributed by atoms with Crippen LogP contribution in [0.3, 0.4) is 0 Å². The summed E-state index contributed by atoms with van der Waals surface area (Å²) in [6.45, 7) is 6.85. The number of thiazole rings is 1. The molecule has 0 saturated carbocycles. The summed E-state index contributed by atoms with van der Waals surface area (Å²) >= 11 is 1.46. The quantitative estimate of drug-likeness (QED) is 0.759. The number of aromatic nitrogens is 1. The Balaban J connectivity index is 2.19. The number of hydrogen-bond acceptors (Lipinski definition) is 6. The fraction of sp³-hybridized carbons (Fsp3) is 0.375. The molecule has 1 aromatic heterocycles. The van der Waals surface area contributed by atoms with Crippen molar-refractivity contribution in [2.45, 2.75) is 38.1 Å². The van der Waals surface area contributed by atoms with Gasteiger partial charge in [0, 0.05) is 4.88 Å². The zero-order chi connectivity index (χ0) is 18.8. The van der Waals surface area contributed by atoms with Crippen molar-refractivity contribution in [2.75, 3.05) is 6.61 Å². The third kappa shape index (κ3) is 4.77. The van der Waals surface area contributed by atoms with Gasteiger partial charge in [0.2, 0.25) is 10.0 Å². The number of benzene rings is 1. The number of carbonyl (C=O) groups is 1. The summed E-state index contributed by atoms with van der Waals surface area (Å²) in [5.41, 5.74) is 0.0216. The number of carboxylic acids is 1. The highest BCUT2D eigenvalue weighted by Gasteiger charge is 2.31. The maximum atomic E-state index is 12.6. The lowest BCUT2D eigenvalue weighted by Gasteiger charge is -2.23. The number of rotatable bonds is 7. The van der Waals surface area contributed by atoms with E-state index in [-0.39, 0.29) is 10.6 Å². The van der Waals surface area contributed by atoms with Gasteiger partial charge in [0.15, 0.2) is 6.61 Å². The van der Waals surface area contributed by atoms with Gasteiger partial charge in [-0.2, -0.15) is 4.72 Å². The number of carboxylic acid groups (broad SMARTS) is 1. The fourth-order valence-corrected chi connectivity index (χ4v) is 4.46. The number of sulfonamides is 1. The zero-order valence-corrected chi connectivity index (χ0v) is 16.0. The van der Waals surface area contributed by atoms with Crippen molar-refractivity contribution in [1.82, 2.24) is 9.71 Å². The molecule has 2 aromatic rings. The number of aryl methyl sites for hydroxylation is 2. The number of nitrogens with zero attached hydrogens (tertiary/aromatic N) is 1. The lowest BCUT2D eigenvalue weighted by atomic mass is 10.1. The average molecular weight is 384 g/mol. The largest absolute Gasteiger partial charge is 0.482 e. The van der Waals surface area contributed by atoms with E-state index < -0.39 is 28.1 Å². The van der Waals surface area contributed by atoms with Gasteiger partial charge >= 0.3 is 5.97 Å². The molecule has 1 aromatic carbocycles. The maximum Gasteiger partial charge on any atom is 0.341 e. The van der Waals surface area contributed by atoms with E-state index in [1.165, 1.54) is 35.6 Å². The van der Waals surface area contributed by atoms with E-state index in [1.807, 2.05) is 13.8 Å². The molecule has 0 aliphatic carbocycles. The fourth-order valence-electron chi connectivity index (χ4n) is 2.04. The Morgan fingerprint density at radius 2 is 1.88 bits per heavy atom. The van der Waals surface area contributed by atoms with Crippen LogP contribution in [0.1, 0.15) is 29.4 Å². The number of ether oxygens (including phenoxy) is 1. The van der Waals surface area contributed by atoms with Gasteiger partial charge < -0.3 is 9.84 Å². The third-order valence-electron chi connectivity index (χ3n) is 3.45. The first-order valence-electron chi connectivity index (χ1n) is 7.44. The molecule has 9 heteroatoms. The van der Waals surface area contributed by atoms with Crippen LogP contribution < -0.4 is 9.46 Å². The highest BCUT2D eigenvalue weighted by Crippen LogP contribution is 2.29. The zero-order valence-electron chi connectivity index (χ0n) is 14.4. The average Bonchev–Trinajstić information content (AvgIpc) is 2.85. The van der Waals surface area contributed by atoms with E-state index in [2.05, 4.69) is 9.71 Å². The summed E-state index contributed by atoms with van der Waals surface area (Å²) < 4.78 is 32.9. The van der Waals surface area contributed by atoms with Gasteiger partial charge in [-0.05, 0) is 52.0 Å². The first-order valence-corrected chi connectivity index (χ1v) is 9.74. The predicted octanol–water partition coefficient (Wildman–Crippen LogP) is 2.44. The van der Waals surface area contributed by atoms with Gasteiger partial charge in [-0.1, -0.05) is 0 Å². The van der Waals surface area contributed by atoms with Crippen LogP contribution in [0.25, 0.3) is 0 Å². The van der Waals surface area contributed by atoms with Crippen LogP contribution in [0.2, 0.25) is 0 Å². The van der Waals surface area contributed by atoms with Crippen molar-refractivity contribution >= 4 is 27.3 Å². The molecular formula is C16H20N2O5S2. The molecule has 7 nitrogen and oxygen atoms in total. The molecule has 0 radical (unpaired) electrons. The van der Waals surface area contributed by atoms with Gasteiger partial charge in [-0.15, -0.1) is 11.3 Å². The molecule has 0 aliphatic rings. The predicted molar refractivity (Wildman–Crippen MR) is 94.5 cm³/mol. The van der Waals surface area contributed by atoms with E-state index in [0.717, 1.165) is 10.6 Å². The Labute approximate surface area is 150 Å². The van der Waals surface area contributed by atoms with Crippen LogP contribution in [0.15, 0.2) is 29.2 Å². The smallest absolute Gasteiger partial charge is 0.341 e. The minimum atomic E-state index is -3.77. The van der Waals surface area contributed by atoms with Gasteiger partial charge in [-0.3, -0.25) is 0 Å². The maximum absolute atomic E-state index is 12.6. The first kappa shape index (κ1) is 19.4. The van der Waals surface area contributed by atoms with Crippen molar-refractivity contribution in [3.63, 3.8) is 0 Å². The lowest BCUT2D eigenvalue weighted by Crippen LogP contribution is -2.40. The molecule has 0 spiro atoms. The molecule has 2 rings (SSSR count). The van der Waals surface area contributed by atoms with Crippen LogP contribution in [-0.2, 0) is 20.4 Å². The second-order valence-corrected chi connectivity index (χ2v) is 8.93. The summed E-state index contributed by atoms with van der Waals surface area (Å²) in [5, 5.41) is 9.27. The molecule has 0 atom stereocenters. The molecular weight excluding hydrogens is 364 g/mol. The Hall–Kier alpha value is -1.97. The highest BCUT2D eigenvalue weighted by molar-refractivity contribution is 7.89. The number of aliphatic carboxylic acids is 1. The van der Waals surface area contributed by atoms with Crippen molar-refractivity contribution < 1.29 is 23.1 Å². The standard InChI is InChI=1S/C16H20N2O5S2/c1-10-11(2)24-15(17-10)16(3,4)18-25(21,22)13-7-5-12(6-8-13)23-9-14(19)20/h5-8,18H,9H2,1-4H3,(H,19,20). The van der Waals surface area contributed by atoms with E-state index in [9.17, 15) is 13.2 Å². The number of hydrogen-bond donors (Lipinski definition) is 2. The van der Waals surface area contributed by atoms with Gasteiger partial charge in [0.05, 0.1) is 16.1 Å². The molecule has 0 amide bonds. The summed E-state index contributed by atoms with van der Waals surface area (Å²) in [4.78, 5) is 16.0. The monoisotopic (exact) mass is 384 g/mol. The second kappa shape index (κ2) is 7.11. The summed E-state index contributed by atoms with van der Waals surface area (Å²) in [7, 11) is -3.77. The lowest BCUT2D eigenvalue weighted by molar-refractivity contribution is -0.139. The van der Waals surface area contributed by atoms with Gasteiger partial charge in [0.1, 0.15) is 10.8 Å². The normalized spacial score (nSPS) is 12.2. The molecule has 0 fully saturated rings. The van der Waals surface area contributed by atoms with Gasteiger partial charge in [-0.25, -0.2) is 18.2 Å². The summed E-state index contributed by atoms with van der Waals surface area (Å²) in [5.74, 6) is -0.819. The van der Waals surface area contributed by atoms with Crippen LogP contribution in [-0.4, -0.2) is 31.1 Å². The van der Waals surface area contributed by atoms with Crippen LogP contribution >= 0.6 is 11.3 Å². The van der Waals surface area contributed by atoms with E-state index in [4.69, 9.17) is 9.84 Å². The molecule has 0 saturated heterocycles. The number of nitrogens with one attached hydrogen (secondary N) is 1. The van der Waals surface area contributed by atoms with Crippen molar-refractivity contribution in [1.29, 1.82) is 0 Å². The molecule has 2 N–H and O–H groups in total. The summed E-state index contributed by atoms with van der Waals surface area (Å²) in [6, 6.07) is 5.58. The Morgan fingerprint density at radius 1 is 1.28 bits per heavy atom. The Kier molecular flexibility index (Phi) is 5.50. The topological polar surface area (TPSA) is 106 Å². The Bertz CT molecular complexity index is 851. The summed E-state index contributed by atoms with van der Waals surface area (Å²) in [6.07, 6.45) is 0. The molecule has 0 unspecified atom stereocenters. The van der Waals surface area contributed by atoms with Crippen molar-refractivity contribution in [2.24, 2.45) is 0 Å². The van der Waals surface area contributed by atoms with E-state index in [0.29, 0.717) is 5.01 Å². The molecule has 0 bridgehead atoms. The highest BCUT2D eigenvalue weighted by atomic mass is 32.2. The van der Waals surface area contributed by atoms with Crippen molar-refractivity contribution in [3.8, 4) is 5.75 Å². The van der Waals surface area contributed by atoms with Crippen LogP contribution in [0, 0.1) is 13.8 Å². The third-order valence-corrected chi connectivity index (χ3v) is 6.52. The molecule has 0 aliphatic heterocycles. The minimum Gasteiger partial charge on any atom is -0.482 e. The second-order valence-electron chi connectivity index (χ2n) is 6.04. The van der Waals surface area contributed by atoms with Crippen molar-refractivity contribution in [3.05, 3.63) is 39.8 Å².